The van der Waals surface area contributed by atoms with Crippen molar-refractivity contribution in [1.82, 2.24) is 0 Å². The third kappa shape index (κ3) is 8.68. The second-order valence-corrected chi connectivity index (χ2v) is 9.33. The van der Waals surface area contributed by atoms with E-state index in [0.29, 0.717) is 5.92 Å². The van der Waals surface area contributed by atoms with Crippen LogP contribution in [0, 0.1) is 40.7 Å². The number of hydrogen-bond acceptors (Lipinski definition) is 1. The first-order valence-corrected chi connectivity index (χ1v) is 15.8. The maximum absolute atomic E-state index is 3.47. The predicted molar refractivity (Wildman–Crippen MR) is 162 cm³/mol. The average molecular weight is 619 g/mol. The minimum atomic E-state index is 0. The van der Waals surface area contributed by atoms with E-state index < -0.39 is 0 Å². The molecule has 0 nitrogen and oxygen atoms in total. The first kappa shape index (κ1) is 36.5. The summed E-state index contributed by atoms with van der Waals surface area (Å²) in [6.45, 7) is 14.1. The van der Waals surface area contributed by atoms with Gasteiger partial charge in [-0.2, -0.15) is 35.1 Å². The molecule has 0 spiro atoms. The summed E-state index contributed by atoms with van der Waals surface area (Å²) in [5, 5.41) is 2.75. The molecule has 1 aliphatic heterocycles. The second-order valence-electron chi connectivity index (χ2n) is 8.35. The van der Waals surface area contributed by atoms with Crippen molar-refractivity contribution in [3.63, 3.8) is 0 Å². The van der Waals surface area contributed by atoms with Crippen LogP contribution in [0.3, 0.4) is 0 Å². The second kappa shape index (κ2) is 16.9. The summed E-state index contributed by atoms with van der Waals surface area (Å²) in [7, 11) is 0. The van der Waals surface area contributed by atoms with Gasteiger partial charge < -0.3 is 14.9 Å². The summed E-state index contributed by atoms with van der Waals surface area (Å²) in [5.74, 6) is 1.78. The first-order chi connectivity index (χ1) is 14.9. The summed E-state index contributed by atoms with van der Waals surface area (Å²) in [5.41, 5.74) is 9.65. The van der Waals surface area contributed by atoms with Crippen LogP contribution in [0.25, 0.3) is 21.9 Å². The van der Waals surface area contributed by atoms with Crippen LogP contribution < -0.4 is 0 Å². The van der Waals surface area contributed by atoms with Gasteiger partial charge in [-0.3, -0.25) is 0 Å². The molecule has 0 amide bonds. The first-order valence-electron chi connectivity index (χ1n) is 10.6. The fourth-order valence-electron chi connectivity index (χ4n) is 3.91. The van der Waals surface area contributed by atoms with Gasteiger partial charge in [0.05, 0.1) is 0 Å². The molecule has 2 aliphatic rings. The van der Waals surface area contributed by atoms with Crippen molar-refractivity contribution in [3.8, 4) is 11.1 Å². The molecule has 2 radical (unpaired) electrons. The van der Waals surface area contributed by atoms with Gasteiger partial charge in [0.15, 0.2) is 0 Å². The van der Waals surface area contributed by atoms with Gasteiger partial charge in [0.1, 0.15) is 0 Å². The number of thioether (sulfide) groups is 1. The van der Waals surface area contributed by atoms with Crippen LogP contribution in [-0.2, 0) is 23.3 Å². The van der Waals surface area contributed by atoms with E-state index in [1.165, 1.54) is 83.7 Å². The third-order valence-corrected chi connectivity index (χ3v) is 6.84. The van der Waals surface area contributed by atoms with Gasteiger partial charge in [0.25, 0.3) is 0 Å². The van der Waals surface area contributed by atoms with Gasteiger partial charge in [0.2, 0.25) is 0 Å². The van der Waals surface area contributed by atoms with Crippen LogP contribution in [0.1, 0.15) is 31.9 Å². The average Bonchev–Trinajstić information content (AvgIpc) is 3.47. The molecule has 0 saturated carbocycles. The quantitative estimate of drug-likeness (QED) is 0.204. The predicted octanol–water partition coefficient (Wildman–Crippen LogP) is 9.54. The van der Waals surface area contributed by atoms with Crippen molar-refractivity contribution >= 4 is 54.2 Å². The van der Waals surface area contributed by atoms with E-state index in [2.05, 4.69) is 108 Å². The Hall–Kier alpha value is -0.700. The SMILES string of the molecule is CC1=C2C=C(C(C)C)[C-]=C2SC1.Cc1cc2c(-c3ccccc3)ccc(C)c2[cH-]1.Cl.Cl.[CH3-].[CH3-].[Si]=[Zr]. The van der Waals surface area contributed by atoms with Gasteiger partial charge in [-0.25, -0.2) is 6.08 Å². The van der Waals surface area contributed by atoms with E-state index in [1.807, 2.05) is 11.8 Å². The van der Waals surface area contributed by atoms with Gasteiger partial charge in [-0.15, -0.1) is 69.3 Å². The molecule has 188 valence electrons. The fraction of sp³-hybridized carbons (Fsp3) is 0.233. The Kier molecular flexibility index (Phi) is 17.6. The molecule has 1 heterocycles. The van der Waals surface area contributed by atoms with Crippen LogP contribution in [0.5, 0.6) is 0 Å². The Labute approximate surface area is 247 Å². The van der Waals surface area contributed by atoms with E-state index in [0.717, 1.165) is 0 Å². The molecule has 5 rings (SSSR count). The number of allylic oxidation sites excluding steroid dienone is 4. The zero-order chi connectivity index (χ0) is 22.5. The Morgan fingerprint density at radius 3 is 2.17 bits per heavy atom. The number of fused-ring (bicyclic) bond motifs is 2. The van der Waals surface area contributed by atoms with E-state index in [1.54, 1.807) is 0 Å². The molecule has 0 bridgehead atoms. The monoisotopic (exact) mass is 616 g/mol. The summed E-state index contributed by atoms with van der Waals surface area (Å²) in [4.78, 5) is 1.37. The van der Waals surface area contributed by atoms with E-state index in [4.69, 9.17) is 0 Å². The van der Waals surface area contributed by atoms with E-state index in [9.17, 15) is 0 Å². The van der Waals surface area contributed by atoms with E-state index >= 15 is 0 Å². The van der Waals surface area contributed by atoms with Crippen LogP contribution in [-0.4, -0.2) is 12.6 Å². The van der Waals surface area contributed by atoms with Crippen LogP contribution in [0.2, 0.25) is 0 Å². The molecular weight excluding hydrogens is 583 g/mol. The number of aryl methyl sites for hydroxylation is 2. The molecule has 1 aliphatic carbocycles. The van der Waals surface area contributed by atoms with Crippen molar-refractivity contribution < 1.29 is 23.3 Å². The molecule has 0 aromatic heterocycles. The van der Waals surface area contributed by atoms with Gasteiger partial charge in [0, 0.05) is 5.75 Å². The molecular formula is C30H36Cl2SSiZr-4. The van der Waals surface area contributed by atoms with Crippen LogP contribution >= 0.6 is 36.6 Å². The van der Waals surface area contributed by atoms with Crippen molar-refractivity contribution in [2.45, 2.75) is 34.6 Å². The molecule has 3 aromatic rings. The summed E-state index contributed by atoms with van der Waals surface area (Å²) < 4.78 is 0. The van der Waals surface area contributed by atoms with E-state index in [-0.39, 0.29) is 39.7 Å². The fourth-order valence-corrected chi connectivity index (χ4v) is 5.01. The minimum absolute atomic E-state index is 0. The van der Waals surface area contributed by atoms with Crippen LogP contribution in [0.4, 0.5) is 0 Å². The molecule has 35 heavy (non-hydrogen) atoms. The topological polar surface area (TPSA) is 0 Å². The molecule has 0 unspecified atom stereocenters. The third-order valence-electron chi connectivity index (χ3n) is 5.65. The number of rotatable bonds is 2. The number of hydrogen-bond donors (Lipinski definition) is 0. The summed E-state index contributed by atoms with van der Waals surface area (Å²) in [6.07, 6.45) is 5.77. The molecule has 3 aromatic carbocycles. The van der Waals surface area contributed by atoms with Gasteiger partial charge in [-0.1, -0.05) is 76.6 Å². The molecule has 0 atom stereocenters. The van der Waals surface area contributed by atoms with Gasteiger partial charge in [-0.05, 0) is 11.5 Å². The maximum atomic E-state index is 3.47. The van der Waals surface area contributed by atoms with Crippen molar-refractivity contribution in [3.05, 3.63) is 114 Å². The Morgan fingerprint density at radius 2 is 1.60 bits per heavy atom. The Balaban J connectivity index is 0. The molecule has 0 N–H and O–H groups in total. The number of benzene rings is 2. The summed E-state index contributed by atoms with van der Waals surface area (Å²) in [6, 6.07) is 19.6. The molecule has 5 heteroatoms. The van der Waals surface area contributed by atoms with Crippen molar-refractivity contribution in [1.29, 1.82) is 0 Å². The Bertz CT molecular complexity index is 1170. The van der Waals surface area contributed by atoms with Crippen molar-refractivity contribution in [2.24, 2.45) is 5.92 Å². The van der Waals surface area contributed by atoms with Crippen LogP contribution in [0.15, 0.2) is 82.3 Å². The standard InChI is InChI=1S/C17H15.C11H13S.2CH3.2ClH.Si.Zr/c1-12-10-16-13(2)8-9-15(17(16)11-12)14-6-4-3-5-7-14;1-7(2)9-4-10-8(3)6-12-11(10)5-9;;;;;;/h3-11H,1-2H3;4,7H,6H2,1-3H3;2*1H3;2*1H;;/q4*-1;;;;. The molecule has 0 saturated heterocycles. The zero-order valence-electron chi connectivity index (χ0n) is 21.8. The molecule has 0 fully saturated rings. The summed E-state index contributed by atoms with van der Waals surface area (Å²) >= 11 is 3.28. The van der Waals surface area contributed by atoms with Gasteiger partial charge >= 0.3 is 30.2 Å². The zero-order valence-corrected chi connectivity index (χ0v) is 27.7. The van der Waals surface area contributed by atoms with Crippen molar-refractivity contribution in [2.75, 3.05) is 5.75 Å². The Morgan fingerprint density at radius 1 is 0.971 bits per heavy atom. The normalized spacial score (nSPS) is 12.8. The number of halogens is 2.